The minimum Gasteiger partial charge on any atom is -0.466 e. The van der Waals surface area contributed by atoms with Crippen molar-refractivity contribution in [1.82, 2.24) is 4.90 Å². The van der Waals surface area contributed by atoms with E-state index in [1.54, 1.807) is 0 Å². The molecule has 0 aromatic heterocycles. The normalized spacial score (nSPS) is 36.3. The number of carbonyl (C=O) groups excluding carboxylic acids is 2. The lowest BCUT2D eigenvalue weighted by Crippen LogP contribution is -2.76. The molecule has 2 aliphatic carbocycles. The summed E-state index contributed by atoms with van der Waals surface area (Å²) in [6.45, 7) is 7.34. The van der Waals surface area contributed by atoms with Crippen molar-refractivity contribution < 1.29 is 23.8 Å². The molecule has 0 bridgehead atoms. The van der Waals surface area contributed by atoms with Gasteiger partial charge in [-0.05, 0) is 32.6 Å². The zero-order valence-electron chi connectivity index (χ0n) is 14.8. The first-order valence-corrected chi connectivity index (χ1v) is 9.32. The van der Waals surface area contributed by atoms with Gasteiger partial charge in [-0.3, -0.25) is 14.5 Å². The van der Waals surface area contributed by atoms with E-state index in [1.807, 2.05) is 13.8 Å². The third kappa shape index (κ3) is 2.73. The van der Waals surface area contributed by atoms with Crippen LogP contribution in [0.3, 0.4) is 0 Å². The average molecular weight is 339 g/mol. The second kappa shape index (κ2) is 7.40. The summed E-state index contributed by atoms with van der Waals surface area (Å²) in [5, 5.41) is 0. The van der Waals surface area contributed by atoms with E-state index in [9.17, 15) is 9.59 Å². The fourth-order valence-electron chi connectivity index (χ4n) is 5.20. The van der Waals surface area contributed by atoms with Crippen molar-refractivity contribution in [2.75, 3.05) is 39.5 Å². The number of carbonyl (C=O) groups is 2. The molecule has 0 amide bonds. The minimum absolute atomic E-state index is 0.192. The summed E-state index contributed by atoms with van der Waals surface area (Å²) in [5.41, 5.74) is -0.244. The van der Waals surface area contributed by atoms with Gasteiger partial charge < -0.3 is 14.2 Å². The fraction of sp³-hybridized carbons (Fsp3) is 0.889. The van der Waals surface area contributed by atoms with Crippen LogP contribution in [0, 0.1) is 17.8 Å². The van der Waals surface area contributed by atoms with E-state index in [2.05, 4.69) is 4.90 Å². The molecule has 3 aliphatic rings. The van der Waals surface area contributed by atoms with E-state index in [1.165, 1.54) is 0 Å². The quantitative estimate of drug-likeness (QED) is 0.709. The molecular formula is C18H29NO5. The van der Waals surface area contributed by atoms with Gasteiger partial charge in [-0.25, -0.2) is 0 Å². The summed E-state index contributed by atoms with van der Waals surface area (Å²) in [4.78, 5) is 27.7. The van der Waals surface area contributed by atoms with Gasteiger partial charge >= 0.3 is 11.9 Å². The summed E-state index contributed by atoms with van der Waals surface area (Å²) in [5.74, 6) is -1.03. The van der Waals surface area contributed by atoms with Crippen LogP contribution in [0.1, 0.15) is 39.5 Å². The largest absolute Gasteiger partial charge is 0.466 e. The van der Waals surface area contributed by atoms with Crippen molar-refractivity contribution in [3.05, 3.63) is 0 Å². The predicted molar refractivity (Wildman–Crippen MR) is 87.3 cm³/mol. The molecule has 0 aromatic rings. The van der Waals surface area contributed by atoms with Gasteiger partial charge in [0.2, 0.25) is 0 Å². The van der Waals surface area contributed by atoms with E-state index in [0.29, 0.717) is 26.4 Å². The van der Waals surface area contributed by atoms with Crippen molar-refractivity contribution >= 4 is 11.9 Å². The lowest BCUT2D eigenvalue weighted by molar-refractivity contribution is -0.221. The number of hydrogen-bond acceptors (Lipinski definition) is 6. The molecule has 2 saturated carbocycles. The Kier molecular flexibility index (Phi) is 5.45. The minimum atomic E-state index is -0.403. The molecule has 4 atom stereocenters. The van der Waals surface area contributed by atoms with Crippen LogP contribution in [0.25, 0.3) is 0 Å². The van der Waals surface area contributed by atoms with Gasteiger partial charge in [0.15, 0.2) is 0 Å². The van der Waals surface area contributed by atoms with Gasteiger partial charge in [0.1, 0.15) is 0 Å². The molecule has 1 saturated heterocycles. The van der Waals surface area contributed by atoms with Gasteiger partial charge in [-0.15, -0.1) is 0 Å². The Labute approximate surface area is 143 Å². The Bertz CT molecular complexity index is 476. The summed E-state index contributed by atoms with van der Waals surface area (Å²) < 4.78 is 16.2. The van der Waals surface area contributed by atoms with E-state index >= 15 is 0 Å². The number of ether oxygens (including phenoxy) is 3. The maximum atomic E-state index is 12.8. The van der Waals surface area contributed by atoms with Crippen LogP contribution >= 0.6 is 0 Å². The molecule has 6 heteroatoms. The molecule has 3 rings (SSSR count). The van der Waals surface area contributed by atoms with Crippen LogP contribution in [0.5, 0.6) is 0 Å². The van der Waals surface area contributed by atoms with Crippen molar-refractivity contribution in [3.8, 4) is 0 Å². The number of nitrogens with zero attached hydrogens (tertiary/aromatic N) is 1. The maximum Gasteiger partial charge on any atom is 0.311 e. The first-order valence-electron chi connectivity index (χ1n) is 9.32. The van der Waals surface area contributed by atoms with Crippen molar-refractivity contribution in [3.63, 3.8) is 0 Å². The number of fused-ring (bicyclic) bond motifs is 1. The Balaban J connectivity index is 1.92. The van der Waals surface area contributed by atoms with Crippen LogP contribution in [0.2, 0.25) is 0 Å². The third-order valence-corrected chi connectivity index (χ3v) is 6.01. The van der Waals surface area contributed by atoms with Crippen molar-refractivity contribution in [2.45, 2.75) is 45.1 Å². The molecule has 0 radical (unpaired) electrons. The van der Waals surface area contributed by atoms with Crippen LogP contribution in [0.4, 0.5) is 0 Å². The SMILES string of the molecule is CCOC(=O)[C@@H]1[C@@H](C(=O)OCC)[C@@]2(N3CCOCC3)CCCC[C@@H]12. The molecule has 0 N–H and O–H groups in total. The standard InChI is InChI=1S/C18H29NO5/c1-3-23-16(20)14-13-7-5-6-8-18(13,15(14)17(21)24-4-2)19-9-11-22-12-10-19/h13-15H,3-12H2,1-2H3/t13-,14-,15-,18+/m0/s1. The zero-order valence-corrected chi connectivity index (χ0v) is 14.8. The molecule has 0 spiro atoms. The fourth-order valence-corrected chi connectivity index (χ4v) is 5.20. The van der Waals surface area contributed by atoms with E-state index in [-0.39, 0.29) is 29.3 Å². The summed E-state index contributed by atoms with van der Waals surface area (Å²) in [7, 11) is 0. The van der Waals surface area contributed by atoms with Gasteiger partial charge in [-0.2, -0.15) is 0 Å². The summed E-state index contributed by atoms with van der Waals surface area (Å²) in [6, 6.07) is 0. The van der Waals surface area contributed by atoms with Gasteiger partial charge in [0, 0.05) is 18.6 Å². The average Bonchev–Trinajstić information content (AvgIpc) is 2.57. The highest BCUT2D eigenvalue weighted by molar-refractivity contribution is 5.86. The van der Waals surface area contributed by atoms with E-state index in [0.717, 1.165) is 38.8 Å². The highest BCUT2D eigenvalue weighted by atomic mass is 16.5. The van der Waals surface area contributed by atoms with Crippen LogP contribution in [-0.2, 0) is 23.8 Å². The van der Waals surface area contributed by atoms with Gasteiger partial charge in [0.25, 0.3) is 0 Å². The summed E-state index contributed by atoms with van der Waals surface area (Å²) >= 11 is 0. The Morgan fingerprint density at radius 3 is 2.42 bits per heavy atom. The molecule has 6 nitrogen and oxygen atoms in total. The number of morpholine rings is 1. The highest BCUT2D eigenvalue weighted by Crippen LogP contribution is 2.60. The Morgan fingerprint density at radius 2 is 1.75 bits per heavy atom. The topological polar surface area (TPSA) is 65.1 Å². The first kappa shape index (κ1) is 17.7. The molecule has 0 aromatic carbocycles. The van der Waals surface area contributed by atoms with E-state index in [4.69, 9.17) is 14.2 Å². The summed E-state index contributed by atoms with van der Waals surface area (Å²) in [6.07, 6.45) is 4.15. The van der Waals surface area contributed by atoms with Gasteiger partial charge in [0.05, 0.1) is 38.3 Å². The second-order valence-electron chi connectivity index (χ2n) is 6.95. The molecule has 1 heterocycles. The number of esters is 2. The lowest BCUT2D eigenvalue weighted by Gasteiger charge is -2.65. The monoisotopic (exact) mass is 339 g/mol. The molecule has 3 fully saturated rings. The van der Waals surface area contributed by atoms with Gasteiger partial charge in [-0.1, -0.05) is 12.8 Å². The number of rotatable bonds is 5. The molecular weight excluding hydrogens is 310 g/mol. The molecule has 24 heavy (non-hydrogen) atoms. The van der Waals surface area contributed by atoms with Crippen LogP contribution in [0.15, 0.2) is 0 Å². The lowest BCUT2D eigenvalue weighted by atomic mass is 9.46. The van der Waals surface area contributed by atoms with Crippen molar-refractivity contribution in [1.29, 1.82) is 0 Å². The second-order valence-corrected chi connectivity index (χ2v) is 6.95. The Morgan fingerprint density at radius 1 is 1.08 bits per heavy atom. The molecule has 0 unspecified atom stereocenters. The van der Waals surface area contributed by atoms with Crippen LogP contribution < -0.4 is 0 Å². The zero-order chi connectivity index (χ0) is 17.2. The third-order valence-electron chi connectivity index (χ3n) is 6.01. The Hall–Kier alpha value is -1.14. The van der Waals surface area contributed by atoms with Crippen molar-refractivity contribution in [2.24, 2.45) is 17.8 Å². The molecule has 1 aliphatic heterocycles. The van der Waals surface area contributed by atoms with E-state index < -0.39 is 5.92 Å². The predicted octanol–water partition coefficient (Wildman–Crippen LogP) is 1.62. The van der Waals surface area contributed by atoms with Crippen LogP contribution in [-0.4, -0.2) is 61.9 Å². The smallest absolute Gasteiger partial charge is 0.311 e. The highest BCUT2D eigenvalue weighted by Gasteiger charge is 2.70. The first-order chi connectivity index (χ1) is 11.7. The number of hydrogen-bond donors (Lipinski definition) is 0. The molecule has 136 valence electrons. The maximum absolute atomic E-state index is 12.8.